The first-order chi connectivity index (χ1) is 13.6. The molecule has 7 heteroatoms. The summed E-state index contributed by atoms with van der Waals surface area (Å²) in [4.78, 5) is 6.93. The third-order valence-electron chi connectivity index (χ3n) is 5.12. The van der Waals surface area contributed by atoms with Crippen LogP contribution in [0.1, 0.15) is 44.7 Å². The molecule has 166 valence electrons. The molecule has 1 saturated heterocycles. The van der Waals surface area contributed by atoms with Gasteiger partial charge >= 0.3 is 0 Å². The molecular weight excluding hydrogens is 479 g/mol. The minimum atomic E-state index is 0. The molecule has 29 heavy (non-hydrogen) atoms. The number of rotatable bonds is 10. The van der Waals surface area contributed by atoms with Crippen LogP contribution in [0.4, 0.5) is 0 Å². The summed E-state index contributed by atoms with van der Waals surface area (Å²) in [5.41, 5.74) is 2.41. The van der Waals surface area contributed by atoms with E-state index >= 15 is 0 Å². The van der Waals surface area contributed by atoms with Crippen LogP contribution in [0.25, 0.3) is 0 Å². The number of nitrogens with one attached hydrogen (secondary N) is 2. The van der Waals surface area contributed by atoms with E-state index in [2.05, 4.69) is 58.6 Å². The zero-order chi connectivity index (χ0) is 20.2. The van der Waals surface area contributed by atoms with E-state index in [0.29, 0.717) is 31.9 Å². The Morgan fingerprint density at radius 2 is 1.86 bits per heavy atom. The van der Waals surface area contributed by atoms with Crippen molar-refractivity contribution >= 4 is 29.9 Å². The highest BCUT2D eigenvalue weighted by Crippen LogP contribution is 2.13. The normalized spacial score (nSPS) is 16.0. The molecule has 0 spiro atoms. The SMILES string of the molecule is CCOCCOCc1cccc(CNC(=NC)NC2CCN(C(C)C)CC2)c1.I. The predicted octanol–water partition coefficient (Wildman–Crippen LogP) is 3.40. The fourth-order valence-corrected chi connectivity index (χ4v) is 3.42. The number of ether oxygens (including phenoxy) is 2. The van der Waals surface area contributed by atoms with Crippen molar-refractivity contribution in [2.45, 2.75) is 58.8 Å². The third kappa shape index (κ3) is 10.1. The Morgan fingerprint density at radius 1 is 1.17 bits per heavy atom. The van der Waals surface area contributed by atoms with Crippen LogP contribution in [-0.2, 0) is 22.6 Å². The van der Waals surface area contributed by atoms with E-state index in [1.165, 1.54) is 11.1 Å². The highest BCUT2D eigenvalue weighted by Gasteiger charge is 2.21. The smallest absolute Gasteiger partial charge is 0.191 e. The molecule has 0 bridgehead atoms. The zero-order valence-electron chi connectivity index (χ0n) is 18.4. The third-order valence-corrected chi connectivity index (χ3v) is 5.12. The Hall–Kier alpha value is -0.900. The molecule has 2 rings (SSSR count). The van der Waals surface area contributed by atoms with Crippen LogP contribution >= 0.6 is 24.0 Å². The first-order valence-electron chi connectivity index (χ1n) is 10.6. The average Bonchev–Trinajstić information content (AvgIpc) is 2.71. The second-order valence-electron chi connectivity index (χ2n) is 7.54. The van der Waals surface area contributed by atoms with Gasteiger partial charge in [-0.3, -0.25) is 4.99 Å². The molecule has 0 saturated carbocycles. The lowest BCUT2D eigenvalue weighted by atomic mass is 10.0. The molecule has 0 amide bonds. The number of aliphatic imine (C=N–C) groups is 1. The summed E-state index contributed by atoms with van der Waals surface area (Å²) >= 11 is 0. The topological polar surface area (TPSA) is 58.1 Å². The van der Waals surface area contributed by atoms with Crippen LogP contribution in [0.5, 0.6) is 0 Å². The van der Waals surface area contributed by atoms with Crippen LogP contribution < -0.4 is 10.6 Å². The van der Waals surface area contributed by atoms with E-state index in [1.54, 1.807) is 0 Å². The number of hydrogen-bond donors (Lipinski definition) is 2. The lowest BCUT2D eigenvalue weighted by molar-refractivity contribution is 0.0453. The van der Waals surface area contributed by atoms with Crippen molar-refractivity contribution in [3.05, 3.63) is 35.4 Å². The number of likely N-dealkylation sites (tertiary alicyclic amines) is 1. The molecule has 0 aromatic heterocycles. The summed E-state index contributed by atoms with van der Waals surface area (Å²) in [5, 5.41) is 7.02. The van der Waals surface area contributed by atoms with Gasteiger partial charge in [-0.25, -0.2) is 0 Å². The number of piperidine rings is 1. The van der Waals surface area contributed by atoms with E-state index in [1.807, 2.05) is 14.0 Å². The Labute approximate surface area is 193 Å². The molecular formula is C22H39IN4O2. The number of halogens is 1. The van der Waals surface area contributed by atoms with Gasteiger partial charge in [0.25, 0.3) is 0 Å². The van der Waals surface area contributed by atoms with E-state index in [0.717, 1.165) is 45.0 Å². The second kappa shape index (κ2) is 15.0. The maximum absolute atomic E-state index is 5.66. The standard InChI is InChI=1S/C22H38N4O2.HI/c1-5-27-13-14-28-17-20-8-6-7-19(15-20)16-24-22(23-4)25-21-9-11-26(12-10-21)18(2)3;/h6-8,15,18,21H,5,9-14,16-17H2,1-4H3,(H2,23,24,25);1H. The van der Waals surface area contributed by atoms with E-state index in [9.17, 15) is 0 Å². The summed E-state index contributed by atoms with van der Waals surface area (Å²) in [6.45, 7) is 12.2. The van der Waals surface area contributed by atoms with Crippen molar-refractivity contribution in [3.63, 3.8) is 0 Å². The monoisotopic (exact) mass is 518 g/mol. The van der Waals surface area contributed by atoms with Gasteiger partial charge in [-0.1, -0.05) is 24.3 Å². The maximum atomic E-state index is 5.66. The van der Waals surface area contributed by atoms with E-state index < -0.39 is 0 Å². The Morgan fingerprint density at radius 3 is 2.52 bits per heavy atom. The lowest BCUT2D eigenvalue weighted by Crippen LogP contribution is -2.49. The van der Waals surface area contributed by atoms with Gasteiger partial charge in [0.15, 0.2) is 5.96 Å². The quantitative estimate of drug-likeness (QED) is 0.215. The molecule has 0 radical (unpaired) electrons. The second-order valence-corrected chi connectivity index (χ2v) is 7.54. The van der Waals surface area contributed by atoms with Crippen molar-refractivity contribution in [2.75, 3.05) is 40.0 Å². The first kappa shape index (κ1) is 26.1. The van der Waals surface area contributed by atoms with E-state index in [4.69, 9.17) is 9.47 Å². The lowest BCUT2D eigenvalue weighted by Gasteiger charge is -2.35. The Kier molecular flexibility index (Phi) is 13.5. The summed E-state index contributed by atoms with van der Waals surface area (Å²) in [6.07, 6.45) is 2.32. The number of benzene rings is 1. The molecule has 0 unspecified atom stereocenters. The van der Waals surface area contributed by atoms with Crippen LogP contribution in [0.15, 0.2) is 29.3 Å². The summed E-state index contributed by atoms with van der Waals surface area (Å²) in [6, 6.07) is 9.61. The molecule has 1 heterocycles. The molecule has 1 aromatic rings. The van der Waals surface area contributed by atoms with Gasteiger partial charge in [0, 0.05) is 45.4 Å². The Bertz CT molecular complexity index is 590. The van der Waals surface area contributed by atoms with Gasteiger partial charge in [-0.05, 0) is 44.7 Å². The molecule has 1 aliphatic heterocycles. The Balaban J connectivity index is 0.00000420. The van der Waals surface area contributed by atoms with Gasteiger partial charge in [0.1, 0.15) is 0 Å². The summed E-state index contributed by atoms with van der Waals surface area (Å²) < 4.78 is 11.0. The zero-order valence-corrected chi connectivity index (χ0v) is 20.8. The average molecular weight is 518 g/mol. The number of nitrogens with zero attached hydrogens (tertiary/aromatic N) is 2. The fourth-order valence-electron chi connectivity index (χ4n) is 3.42. The largest absolute Gasteiger partial charge is 0.379 e. The molecule has 6 nitrogen and oxygen atoms in total. The maximum Gasteiger partial charge on any atom is 0.191 e. The van der Waals surface area contributed by atoms with Crippen molar-refractivity contribution in [1.82, 2.24) is 15.5 Å². The summed E-state index contributed by atoms with van der Waals surface area (Å²) in [5.74, 6) is 0.876. The highest BCUT2D eigenvalue weighted by atomic mass is 127. The summed E-state index contributed by atoms with van der Waals surface area (Å²) in [7, 11) is 1.83. The fraction of sp³-hybridized carbons (Fsp3) is 0.682. The molecule has 1 aromatic carbocycles. The van der Waals surface area contributed by atoms with Crippen LogP contribution in [-0.4, -0.2) is 62.9 Å². The minimum Gasteiger partial charge on any atom is -0.379 e. The van der Waals surface area contributed by atoms with Crippen molar-refractivity contribution in [2.24, 2.45) is 4.99 Å². The molecule has 0 atom stereocenters. The minimum absolute atomic E-state index is 0. The highest BCUT2D eigenvalue weighted by molar-refractivity contribution is 14.0. The van der Waals surface area contributed by atoms with Crippen LogP contribution in [0, 0.1) is 0 Å². The van der Waals surface area contributed by atoms with E-state index in [-0.39, 0.29) is 24.0 Å². The number of guanidine groups is 1. The van der Waals surface area contributed by atoms with Crippen molar-refractivity contribution in [1.29, 1.82) is 0 Å². The van der Waals surface area contributed by atoms with Crippen LogP contribution in [0.3, 0.4) is 0 Å². The predicted molar refractivity (Wildman–Crippen MR) is 131 cm³/mol. The van der Waals surface area contributed by atoms with Gasteiger partial charge < -0.3 is 25.0 Å². The van der Waals surface area contributed by atoms with Gasteiger partial charge in [-0.15, -0.1) is 24.0 Å². The first-order valence-corrected chi connectivity index (χ1v) is 10.6. The van der Waals surface area contributed by atoms with Gasteiger partial charge in [0.2, 0.25) is 0 Å². The van der Waals surface area contributed by atoms with Crippen LogP contribution in [0.2, 0.25) is 0 Å². The van der Waals surface area contributed by atoms with Gasteiger partial charge in [0.05, 0.1) is 19.8 Å². The number of hydrogen-bond acceptors (Lipinski definition) is 4. The van der Waals surface area contributed by atoms with Gasteiger partial charge in [-0.2, -0.15) is 0 Å². The van der Waals surface area contributed by atoms with Crippen molar-refractivity contribution in [3.8, 4) is 0 Å². The molecule has 0 aliphatic carbocycles. The molecule has 2 N–H and O–H groups in total. The molecule has 1 fully saturated rings. The van der Waals surface area contributed by atoms with Crippen molar-refractivity contribution < 1.29 is 9.47 Å². The molecule has 1 aliphatic rings.